The fourth-order valence-electron chi connectivity index (χ4n) is 3.17. The van der Waals surface area contributed by atoms with Crippen LogP contribution in [-0.4, -0.2) is 57.0 Å². The number of anilines is 1. The van der Waals surface area contributed by atoms with Crippen molar-refractivity contribution in [3.63, 3.8) is 0 Å². The maximum absolute atomic E-state index is 14.5. The Hall–Kier alpha value is -3.54. The topological polar surface area (TPSA) is 146 Å². The van der Waals surface area contributed by atoms with Crippen LogP contribution in [0.15, 0.2) is 36.4 Å². The number of carboxylic acid groups (broad SMARTS) is 1. The predicted octanol–water partition coefficient (Wildman–Crippen LogP) is 1.75. The summed E-state index contributed by atoms with van der Waals surface area (Å²) in [5.74, 6) is -2.91. The summed E-state index contributed by atoms with van der Waals surface area (Å²) < 4.78 is 15.7. The molecule has 12 heteroatoms. The summed E-state index contributed by atoms with van der Waals surface area (Å²) in [5.41, 5.74) is 0.688. The largest absolute Gasteiger partial charge is 0.480 e. The number of aromatic nitrogens is 2. The second-order valence-electron chi connectivity index (χ2n) is 7.54. The van der Waals surface area contributed by atoms with Crippen LogP contribution in [0.2, 0.25) is 5.02 Å². The molecular formula is C22H23ClFN5O5. The number of para-hydroxylation sites is 1. The summed E-state index contributed by atoms with van der Waals surface area (Å²) >= 11 is 5.98. The molecule has 0 aliphatic heterocycles. The monoisotopic (exact) mass is 491 g/mol. The Kier molecular flexibility index (Phi) is 8.16. The van der Waals surface area contributed by atoms with E-state index < -0.39 is 30.1 Å². The summed E-state index contributed by atoms with van der Waals surface area (Å²) in [6, 6.07) is 8.96. The minimum absolute atomic E-state index is 0.00349. The summed E-state index contributed by atoms with van der Waals surface area (Å²) in [5, 5.41) is 30.3. The van der Waals surface area contributed by atoms with Crippen molar-refractivity contribution in [2.24, 2.45) is 0 Å². The third-order valence-corrected chi connectivity index (χ3v) is 5.16. The third kappa shape index (κ3) is 6.07. The van der Waals surface area contributed by atoms with E-state index >= 15 is 0 Å². The van der Waals surface area contributed by atoms with E-state index in [0.717, 1.165) is 0 Å². The van der Waals surface area contributed by atoms with Gasteiger partial charge < -0.3 is 26.2 Å². The van der Waals surface area contributed by atoms with E-state index in [1.54, 1.807) is 31.2 Å². The Labute approximate surface area is 198 Å². The maximum Gasteiger partial charge on any atom is 0.325 e. The van der Waals surface area contributed by atoms with Crippen LogP contribution in [0.4, 0.5) is 10.1 Å². The molecule has 1 heterocycles. The third-order valence-electron chi connectivity index (χ3n) is 4.88. The van der Waals surface area contributed by atoms with Crippen molar-refractivity contribution in [1.29, 1.82) is 0 Å². The lowest BCUT2D eigenvalue weighted by atomic mass is 10.1. The normalized spacial score (nSPS) is 11.9. The van der Waals surface area contributed by atoms with Gasteiger partial charge in [-0.1, -0.05) is 29.8 Å². The molecule has 180 valence electrons. The highest BCUT2D eigenvalue weighted by molar-refractivity contribution is 6.31. The number of halogens is 2. The minimum atomic E-state index is -1.11. The van der Waals surface area contributed by atoms with E-state index in [-0.39, 0.29) is 47.7 Å². The highest BCUT2D eigenvalue weighted by Crippen LogP contribution is 2.25. The molecule has 10 nitrogen and oxygen atoms in total. The summed E-state index contributed by atoms with van der Waals surface area (Å²) in [6.07, 6.45) is 0. The molecular weight excluding hydrogens is 469 g/mol. The van der Waals surface area contributed by atoms with Crippen molar-refractivity contribution in [1.82, 2.24) is 20.4 Å². The summed E-state index contributed by atoms with van der Waals surface area (Å²) in [6.45, 7) is 0.890. The zero-order chi connectivity index (χ0) is 24.8. The number of benzene rings is 2. The van der Waals surface area contributed by atoms with Crippen molar-refractivity contribution in [3.8, 4) is 0 Å². The first-order chi connectivity index (χ1) is 16.2. The molecule has 0 spiro atoms. The van der Waals surface area contributed by atoms with Gasteiger partial charge in [0.05, 0.1) is 23.7 Å². The molecule has 3 aromatic rings. The maximum atomic E-state index is 14.5. The van der Waals surface area contributed by atoms with Crippen molar-refractivity contribution in [2.45, 2.75) is 26.1 Å². The molecule has 0 aliphatic carbocycles. The number of nitrogens with zero attached hydrogens (tertiary/aromatic N) is 2. The van der Waals surface area contributed by atoms with Crippen LogP contribution in [0.1, 0.15) is 23.0 Å². The molecule has 2 amide bonds. The number of aliphatic carboxylic acids is 1. The van der Waals surface area contributed by atoms with Gasteiger partial charge in [-0.3, -0.25) is 19.1 Å². The molecule has 0 unspecified atom stereocenters. The number of hydrogen-bond donors (Lipinski definition) is 5. The van der Waals surface area contributed by atoms with Gasteiger partial charge in [-0.25, -0.2) is 4.39 Å². The molecule has 3 rings (SSSR count). The Morgan fingerprint density at radius 1 is 1.24 bits per heavy atom. The van der Waals surface area contributed by atoms with E-state index in [1.807, 2.05) is 0 Å². The van der Waals surface area contributed by atoms with Gasteiger partial charge in [0.25, 0.3) is 5.91 Å². The average molecular weight is 492 g/mol. The van der Waals surface area contributed by atoms with Crippen LogP contribution in [0.3, 0.4) is 0 Å². The SMILES string of the molecule is C[C@@H](CO)NCC(=O)NCc1cc(NC(=O)c2nn(CC(=O)O)c3ccccc23)cc(Cl)c1F. The number of rotatable bonds is 10. The number of aliphatic hydroxyl groups excluding tert-OH is 1. The van der Waals surface area contributed by atoms with Gasteiger partial charge in [0.1, 0.15) is 12.4 Å². The summed E-state index contributed by atoms with van der Waals surface area (Å²) in [4.78, 5) is 36.0. The fraction of sp³-hybridized carbons (Fsp3) is 0.273. The van der Waals surface area contributed by atoms with Gasteiger partial charge in [-0.05, 0) is 25.1 Å². The smallest absolute Gasteiger partial charge is 0.325 e. The quantitative estimate of drug-likeness (QED) is 0.290. The number of carbonyl (C=O) groups excluding carboxylic acids is 2. The van der Waals surface area contributed by atoms with Gasteiger partial charge in [-0.2, -0.15) is 5.10 Å². The van der Waals surface area contributed by atoms with Crippen LogP contribution < -0.4 is 16.0 Å². The van der Waals surface area contributed by atoms with E-state index in [0.29, 0.717) is 10.9 Å². The molecule has 0 fully saturated rings. The number of amides is 2. The number of aliphatic hydroxyl groups is 1. The molecule has 5 N–H and O–H groups in total. The second kappa shape index (κ2) is 11.1. The Morgan fingerprint density at radius 3 is 2.68 bits per heavy atom. The second-order valence-corrected chi connectivity index (χ2v) is 7.95. The van der Waals surface area contributed by atoms with Crippen molar-refractivity contribution >= 4 is 46.0 Å². The molecule has 1 aromatic heterocycles. The standard InChI is InChI=1S/C22H23ClFN5O5/c1-12(11-30)25-9-18(31)26-8-13-6-14(7-16(23)20(13)24)27-22(34)21-15-4-2-3-5-17(15)29(28-21)10-19(32)33/h2-7,12,25,30H,8-11H2,1H3,(H,26,31)(H,27,34)(H,32,33)/t12-/m0/s1. The molecule has 0 aliphatic rings. The summed E-state index contributed by atoms with van der Waals surface area (Å²) in [7, 11) is 0. The highest BCUT2D eigenvalue weighted by Gasteiger charge is 2.19. The highest BCUT2D eigenvalue weighted by atomic mass is 35.5. The van der Waals surface area contributed by atoms with Crippen LogP contribution in [0, 0.1) is 5.82 Å². The zero-order valence-corrected chi connectivity index (χ0v) is 18.9. The Morgan fingerprint density at radius 2 is 1.97 bits per heavy atom. The van der Waals surface area contributed by atoms with Crippen molar-refractivity contribution < 1.29 is 29.0 Å². The lowest BCUT2D eigenvalue weighted by Crippen LogP contribution is -2.39. The first-order valence-corrected chi connectivity index (χ1v) is 10.6. The Bertz CT molecular complexity index is 1230. The fourth-order valence-corrected chi connectivity index (χ4v) is 3.41. The van der Waals surface area contributed by atoms with Gasteiger partial charge in [0, 0.05) is 29.2 Å². The van der Waals surface area contributed by atoms with Gasteiger partial charge in [-0.15, -0.1) is 0 Å². The number of carbonyl (C=O) groups is 3. The number of fused-ring (bicyclic) bond motifs is 1. The number of hydrogen-bond acceptors (Lipinski definition) is 6. The molecule has 2 aromatic carbocycles. The lowest BCUT2D eigenvalue weighted by Gasteiger charge is -2.13. The van der Waals surface area contributed by atoms with Crippen molar-refractivity contribution in [2.75, 3.05) is 18.5 Å². The van der Waals surface area contributed by atoms with E-state index in [4.69, 9.17) is 21.8 Å². The lowest BCUT2D eigenvalue weighted by molar-refractivity contribution is -0.137. The molecule has 0 radical (unpaired) electrons. The first-order valence-electron chi connectivity index (χ1n) is 10.3. The number of nitrogens with one attached hydrogen (secondary N) is 3. The van der Waals surface area contributed by atoms with Crippen LogP contribution in [0.5, 0.6) is 0 Å². The van der Waals surface area contributed by atoms with Gasteiger partial charge in [0.15, 0.2) is 5.69 Å². The van der Waals surface area contributed by atoms with E-state index in [1.165, 1.54) is 16.8 Å². The van der Waals surface area contributed by atoms with Gasteiger partial charge >= 0.3 is 5.97 Å². The van der Waals surface area contributed by atoms with E-state index in [2.05, 4.69) is 21.0 Å². The molecule has 34 heavy (non-hydrogen) atoms. The van der Waals surface area contributed by atoms with E-state index in [9.17, 15) is 18.8 Å². The average Bonchev–Trinajstić information content (AvgIpc) is 3.16. The minimum Gasteiger partial charge on any atom is -0.480 e. The number of carboxylic acids is 1. The van der Waals surface area contributed by atoms with Gasteiger partial charge in [0.2, 0.25) is 5.91 Å². The first kappa shape index (κ1) is 25.1. The zero-order valence-electron chi connectivity index (χ0n) is 18.1. The van der Waals surface area contributed by atoms with Crippen LogP contribution in [0.25, 0.3) is 10.9 Å². The van der Waals surface area contributed by atoms with Crippen LogP contribution >= 0.6 is 11.6 Å². The predicted molar refractivity (Wildman–Crippen MR) is 123 cm³/mol. The van der Waals surface area contributed by atoms with Crippen LogP contribution in [-0.2, 0) is 22.7 Å². The molecule has 1 atom stereocenters. The molecule has 0 saturated carbocycles. The van der Waals surface area contributed by atoms with Crippen molar-refractivity contribution in [3.05, 3.63) is 58.5 Å². The molecule has 0 saturated heterocycles. The Balaban J connectivity index is 1.77. The molecule has 0 bridgehead atoms.